The molecule has 0 unspecified atom stereocenters. The highest BCUT2D eigenvalue weighted by molar-refractivity contribution is 5.41. The van der Waals surface area contributed by atoms with E-state index in [1.165, 1.54) is 16.7 Å². The van der Waals surface area contributed by atoms with Gasteiger partial charge in [0, 0.05) is 12.0 Å². The SMILES string of the molecule is N[C@@H]1CCc2ccc(O)cc2[C@@H]1Cc1ccccc1. The highest BCUT2D eigenvalue weighted by Gasteiger charge is 2.27. The molecule has 2 atom stereocenters. The van der Waals surface area contributed by atoms with Crippen molar-refractivity contribution in [1.82, 2.24) is 0 Å². The Morgan fingerprint density at radius 1 is 1.11 bits per heavy atom. The highest BCUT2D eigenvalue weighted by Crippen LogP contribution is 2.35. The average Bonchev–Trinajstić information content (AvgIpc) is 2.43. The van der Waals surface area contributed by atoms with Crippen molar-refractivity contribution in [3.8, 4) is 5.75 Å². The number of rotatable bonds is 2. The molecule has 3 N–H and O–H groups in total. The van der Waals surface area contributed by atoms with Crippen LogP contribution in [0.2, 0.25) is 0 Å². The second-order valence-electron chi connectivity index (χ2n) is 5.38. The molecule has 0 aliphatic heterocycles. The summed E-state index contributed by atoms with van der Waals surface area (Å²) in [6.45, 7) is 0. The summed E-state index contributed by atoms with van der Waals surface area (Å²) in [5.41, 5.74) is 10.2. The summed E-state index contributed by atoms with van der Waals surface area (Å²) < 4.78 is 0. The number of benzene rings is 2. The van der Waals surface area contributed by atoms with Gasteiger partial charge in [-0.05, 0) is 48.1 Å². The lowest BCUT2D eigenvalue weighted by atomic mass is 9.76. The van der Waals surface area contributed by atoms with Gasteiger partial charge in [0.2, 0.25) is 0 Å². The smallest absolute Gasteiger partial charge is 0.115 e. The van der Waals surface area contributed by atoms with Crippen molar-refractivity contribution in [3.63, 3.8) is 0 Å². The Kier molecular flexibility index (Phi) is 3.26. The van der Waals surface area contributed by atoms with Gasteiger partial charge < -0.3 is 10.8 Å². The number of nitrogens with two attached hydrogens (primary N) is 1. The number of fused-ring (bicyclic) bond motifs is 1. The van der Waals surface area contributed by atoms with Crippen LogP contribution < -0.4 is 5.73 Å². The molecule has 0 saturated carbocycles. The molecule has 0 fully saturated rings. The molecule has 0 radical (unpaired) electrons. The maximum atomic E-state index is 9.72. The first kappa shape index (κ1) is 12.2. The number of hydrogen-bond acceptors (Lipinski definition) is 2. The molecule has 1 aliphatic rings. The Balaban J connectivity index is 1.94. The van der Waals surface area contributed by atoms with Crippen LogP contribution in [0.5, 0.6) is 5.75 Å². The lowest BCUT2D eigenvalue weighted by molar-refractivity contribution is 0.451. The van der Waals surface area contributed by atoms with Gasteiger partial charge in [-0.1, -0.05) is 36.4 Å². The average molecular weight is 253 g/mol. The Morgan fingerprint density at radius 2 is 1.89 bits per heavy atom. The fourth-order valence-corrected chi connectivity index (χ4v) is 3.04. The summed E-state index contributed by atoms with van der Waals surface area (Å²) in [6.07, 6.45) is 2.98. The monoisotopic (exact) mass is 253 g/mol. The van der Waals surface area contributed by atoms with E-state index in [0.717, 1.165) is 19.3 Å². The Morgan fingerprint density at radius 3 is 2.68 bits per heavy atom. The lowest BCUT2D eigenvalue weighted by Crippen LogP contribution is -2.34. The zero-order chi connectivity index (χ0) is 13.2. The van der Waals surface area contributed by atoms with E-state index in [-0.39, 0.29) is 6.04 Å². The van der Waals surface area contributed by atoms with E-state index < -0.39 is 0 Å². The molecule has 0 bridgehead atoms. The third-order valence-corrected chi connectivity index (χ3v) is 4.09. The molecule has 2 nitrogen and oxygen atoms in total. The molecular formula is C17H19NO. The number of hydrogen-bond donors (Lipinski definition) is 2. The van der Waals surface area contributed by atoms with E-state index in [4.69, 9.17) is 5.73 Å². The molecule has 0 spiro atoms. The fraction of sp³-hybridized carbons (Fsp3) is 0.294. The summed E-state index contributed by atoms with van der Waals surface area (Å²) in [6, 6.07) is 16.3. The summed E-state index contributed by atoms with van der Waals surface area (Å²) in [5, 5.41) is 9.72. The molecule has 0 aromatic heterocycles. The third-order valence-electron chi connectivity index (χ3n) is 4.09. The van der Waals surface area contributed by atoms with Crippen molar-refractivity contribution in [3.05, 3.63) is 65.2 Å². The minimum absolute atomic E-state index is 0.175. The van der Waals surface area contributed by atoms with Crippen molar-refractivity contribution >= 4 is 0 Å². The van der Waals surface area contributed by atoms with Gasteiger partial charge in [0.1, 0.15) is 5.75 Å². The molecule has 2 heteroatoms. The molecule has 0 saturated heterocycles. The van der Waals surface area contributed by atoms with E-state index in [1.54, 1.807) is 6.07 Å². The second kappa shape index (κ2) is 5.06. The molecule has 3 rings (SSSR count). The standard InChI is InChI=1S/C17H19NO/c18-17-9-7-13-6-8-14(19)11-15(13)16(17)10-12-4-2-1-3-5-12/h1-6,8,11,16-17,19H,7,9-10,18H2/t16-,17+/m0/s1. The van der Waals surface area contributed by atoms with E-state index in [1.807, 2.05) is 18.2 Å². The van der Waals surface area contributed by atoms with Gasteiger partial charge in [0.05, 0.1) is 0 Å². The first-order valence-electron chi connectivity index (χ1n) is 6.85. The van der Waals surface area contributed by atoms with Crippen LogP contribution in [0.1, 0.15) is 29.0 Å². The van der Waals surface area contributed by atoms with E-state index >= 15 is 0 Å². The summed E-state index contributed by atoms with van der Waals surface area (Å²) in [7, 11) is 0. The van der Waals surface area contributed by atoms with E-state index in [9.17, 15) is 5.11 Å². The van der Waals surface area contributed by atoms with Crippen LogP contribution in [0.3, 0.4) is 0 Å². The van der Waals surface area contributed by atoms with Crippen molar-refractivity contribution in [2.45, 2.75) is 31.2 Å². The quantitative estimate of drug-likeness (QED) is 0.864. The highest BCUT2D eigenvalue weighted by atomic mass is 16.3. The van der Waals surface area contributed by atoms with Crippen molar-refractivity contribution in [2.75, 3.05) is 0 Å². The van der Waals surface area contributed by atoms with Gasteiger partial charge >= 0.3 is 0 Å². The lowest BCUT2D eigenvalue weighted by Gasteiger charge is -2.31. The molecular weight excluding hydrogens is 234 g/mol. The van der Waals surface area contributed by atoms with Crippen LogP contribution in [0, 0.1) is 0 Å². The Labute approximate surface area is 113 Å². The molecule has 98 valence electrons. The van der Waals surface area contributed by atoms with Crippen LogP contribution in [-0.2, 0) is 12.8 Å². The first-order chi connectivity index (χ1) is 9.24. The first-order valence-corrected chi connectivity index (χ1v) is 6.85. The minimum atomic E-state index is 0.175. The van der Waals surface area contributed by atoms with Gasteiger partial charge in [0.15, 0.2) is 0 Å². The third kappa shape index (κ3) is 2.49. The molecule has 2 aromatic carbocycles. The van der Waals surface area contributed by atoms with Crippen LogP contribution in [0.25, 0.3) is 0 Å². The van der Waals surface area contributed by atoms with Crippen LogP contribution in [-0.4, -0.2) is 11.1 Å². The molecule has 19 heavy (non-hydrogen) atoms. The zero-order valence-electron chi connectivity index (χ0n) is 10.9. The van der Waals surface area contributed by atoms with E-state index in [0.29, 0.717) is 11.7 Å². The van der Waals surface area contributed by atoms with Gasteiger partial charge in [-0.2, -0.15) is 0 Å². The second-order valence-corrected chi connectivity index (χ2v) is 5.38. The van der Waals surface area contributed by atoms with Gasteiger partial charge in [-0.25, -0.2) is 0 Å². The van der Waals surface area contributed by atoms with Crippen LogP contribution >= 0.6 is 0 Å². The molecule has 1 aliphatic carbocycles. The predicted octanol–water partition coefficient (Wildman–Crippen LogP) is 2.99. The zero-order valence-corrected chi connectivity index (χ0v) is 10.9. The largest absolute Gasteiger partial charge is 0.508 e. The van der Waals surface area contributed by atoms with Crippen LogP contribution in [0.15, 0.2) is 48.5 Å². The normalized spacial score (nSPS) is 21.9. The summed E-state index contributed by atoms with van der Waals surface area (Å²) in [4.78, 5) is 0. The van der Waals surface area contributed by atoms with Crippen molar-refractivity contribution in [2.24, 2.45) is 5.73 Å². The number of phenols is 1. The number of aromatic hydroxyl groups is 1. The van der Waals surface area contributed by atoms with Gasteiger partial charge in [-0.15, -0.1) is 0 Å². The van der Waals surface area contributed by atoms with Crippen molar-refractivity contribution < 1.29 is 5.11 Å². The molecule has 0 heterocycles. The molecule has 2 aromatic rings. The Hall–Kier alpha value is -1.80. The van der Waals surface area contributed by atoms with Crippen LogP contribution in [0.4, 0.5) is 0 Å². The topological polar surface area (TPSA) is 46.2 Å². The van der Waals surface area contributed by atoms with Gasteiger partial charge in [0.25, 0.3) is 0 Å². The minimum Gasteiger partial charge on any atom is -0.508 e. The summed E-state index contributed by atoms with van der Waals surface area (Å²) >= 11 is 0. The summed E-state index contributed by atoms with van der Waals surface area (Å²) in [5.74, 6) is 0.643. The number of aryl methyl sites for hydroxylation is 1. The predicted molar refractivity (Wildman–Crippen MR) is 77.3 cm³/mol. The number of phenolic OH excluding ortho intramolecular Hbond substituents is 1. The van der Waals surface area contributed by atoms with Gasteiger partial charge in [-0.3, -0.25) is 0 Å². The maximum absolute atomic E-state index is 9.72. The fourth-order valence-electron chi connectivity index (χ4n) is 3.04. The van der Waals surface area contributed by atoms with Crippen molar-refractivity contribution in [1.29, 1.82) is 0 Å². The Bertz CT molecular complexity index is 565. The molecule has 0 amide bonds. The maximum Gasteiger partial charge on any atom is 0.115 e. The van der Waals surface area contributed by atoms with E-state index in [2.05, 4.69) is 24.3 Å².